The standard InChI is InChI=1S/C14H15BrN2O6/c15-8-1-2-9-10(3-8)13(23)17(12(9)22)4-11(21)16-14(5-18,6-19)7-20/h1-3,18-20H,4-7H2,(H,16,21). The summed E-state index contributed by atoms with van der Waals surface area (Å²) in [5.41, 5.74) is -1.22. The van der Waals surface area contributed by atoms with Crippen molar-refractivity contribution in [3.63, 3.8) is 0 Å². The first kappa shape index (κ1) is 17.5. The lowest BCUT2D eigenvalue weighted by molar-refractivity contribution is -0.125. The van der Waals surface area contributed by atoms with Crippen LogP contribution in [-0.4, -0.2) is 69.8 Å². The van der Waals surface area contributed by atoms with E-state index in [-0.39, 0.29) is 11.1 Å². The number of imide groups is 1. The molecule has 1 aliphatic rings. The average Bonchev–Trinajstić information content (AvgIpc) is 2.77. The minimum absolute atomic E-state index is 0.190. The number of rotatable bonds is 6. The van der Waals surface area contributed by atoms with Gasteiger partial charge in [-0.1, -0.05) is 15.9 Å². The third-order valence-corrected chi connectivity index (χ3v) is 4.04. The SMILES string of the molecule is O=C(CN1C(=O)c2ccc(Br)cc2C1=O)NC(CO)(CO)CO. The van der Waals surface area contributed by atoms with Gasteiger partial charge < -0.3 is 20.6 Å². The van der Waals surface area contributed by atoms with Crippen molar-refractivity contribution in [2.75, 3.05) is 26.4 Å². The van der Waals surface area contributed by atoms with Crippen LogP contribution in [0.4, 0.5) is 0 Å². The Bertz CT molecular complexity index is 650. The van der Waals surface area contributed by atoms with Crippen LogP contribution >= 0.6 is 15.9 Å². The fourth-order valence-corrected chi connectivity index (χ4v) is 2.52. The van der Waals surface area contributed by atoms with Crippen molar-refractivity contribution in [1.29, 1.82) is 0 Å². The Kier molecular flexibility index (Phi) is 5.15. The van der Waals surface area contributed by atoms with Crippen LogP contribution in [-0.2, 0) is 4.79 Å². The van der Waals surface area contributed by atoms with Gasteiger partial charge in [-0.2, -0.15) is 0 Å². The molecule has 8 nitrogen and oxygen atoms in total. The topological polar surface area (TPSA) is 127 Å². The zero-order valence-corrected chi connectivity index (χ0v) is 13.5. The molecule has 0 saturated heterocycles. The van der Waals surface area contributed by atoms with E-state index >= 15 is 0 Å². The van der Waals surface area contributed by atoms with Gasteiger partial charge in [-0.25, -0.2) is 0 Å². The quantitative estimate of drug-likeness (QED) is 0.458. The second-order valence-corrected chi connectivity index (χ2v) is 6.10. The second-order valence-electron chi connectivity index (χ2n) is 5.19. The third-order valence-electron chi connectivity index (χ3n) is 3.55. The first-order valence-corrected chi connectivity index (χ1v) is 7.46. The molecule has 3 amide bonds. The van der Waals surface area contributed by atoms with Gasteiger partial charge in [0.25, 0.3) is 11.8 Å². The number of aliphatic hydroxyl groups excluding tert-OH is 3. The van der Waals surface area contributed by atoms with Crippen molar-refractivity contribution in [2.24, 2.45) is 0 Å². The maximum Gasteiger partial charge on any atom is 0.262 e. The van der Waals surface area contributed by atoms with E-state index in [0.29, 0.717) is 4.47 Å². The lowest BCUT2D eigenvalue weighted by Crippen LogP contribution is -2.59. The Balaban J connectivity index is 2.14. The molecule has 2 rings (SSSR count). The summed E-state index contributed by atoms with van der Waals surface area (Å²) < 4.78 is 0.628. The number of amides is 3. The Hall–Kier alpha value is -1.81. The van der Waals surface area contributed by atoms with Crippen molar-refractivity contribution in [3.05, 3.63) is 33.8 Å². The highest BCUT2D eigenvalue weighted by Crippen LogP contribution is 2.25. The summed E-state index contributed by atoms with van der Waals surface area (Å²) >= 11 is 3.21. The molecule has 0 bridgehead atoms. The first-order chi connectivity index (χ1) is 10.9. The van der Waals surface area contributed by atoms with Crippen LogP contribution in [0.15, 0.2) is 22.7 Å². The lowest BCUT2D eigenvalue weighted by Gasteiger charge is -2.29. The van der Waals surface area contributed by atoms with Gasteiger partial charge in [-0.05, 0) is 18.2 Å². The van der Waals surface area contributed by atoms with E-state index in [2.05, 4.69) is 21.2 Å². The van der Waals surface area contributed by atoms with Crippen LogP contribution in [0.2, 0.25) is 0 Å². The molecule has 0 radical (unpaired) electrons. The summed E-state index contributed by atoms with van der Waals surface area (Å²) in [6.45, 7) is -2.66. The molecule has 1 aromatic rings. The fourth-order valence-electron chi connectivity index (χ4n) is 2.15. The van der Waals surface area contributed by atoms with Gasteiger partial charge in [0, 0.05) is 4.47 Å². The van der Waals surface area contributed by atoms with Crippen molar-refractivity contribution in [1.82, 2.24) is 10.2 Å². The molecule has 0 aromatic heterocycles. The number of fused-ring (bicyclic) bond motifs is 1. The molecule has 0 aliphatic carbocycles. The summed E-state index contributed by atoms with van der Waals surface area (Å²) in [6, 6.07) is 4.59. The van der Waals surface area contributed by atoms with E-state index in [0.717, 1.165) is 4.90 Å². The molecular weight excluding hydrogens is 372 g/mol. The zero-order chi connectivity index (χ0) is 17.2. The molecule has 0 spiro atoms. The van der Waals surface area contributed by atoms with Crippen LogP contribution in [0.3, 0.4) is 0 Å². The van der Waals surface area contributed by atoms with E-state index in [9.17, 15) is 29.7 Å². The molecule has 4 N–H and O–H groups in total. The minimum Gasteiger partial charge on any atom is -0.394 e. The molecular formula is C14H15BrN2O6. The number of halogens is 1. The highest BCUT2D eigenvalue weighted by Gasteiger charge is 2.38. The molecule has 9 heteroatoms. The number of aliphatic hydroxyl groups is 3. The Morgan fingerprint density at radius 2 is 1.65 bits per heavy atom. The predicted molar refractivity (Wildman–Crippen MR) is 81.6 cm³/mol. The van der Waals surface area contributed by atoms with Crippen molar-refractivity contribution in [2.45, 2.75) is 5.54 Å². The van der Waals surface area contributed by atoms with Gasteiger partial charge in [0.1, 0.15) is 12.1 Å². The Morgan fingerprint density at radius 3 is 2.22 bits per heavy atom. The molecule has 1 aromatic carbocycles. The second kappa shape index (κ2) is 6.75. The number of benzene rings is 1. The highest BCUT2D eigenvalue weighted by molar-refractivity contribution is 9.10. The van der Waals surface area contributed by atoms with Gasteiger partial charge in [-0.15, -0.1) is 0 Å². The first-order valence-electron chi connectivity index (χ1n) is 6.67. The number of nitrogens with zero attached hydrogens (tertiary/aromatic N) is 1. The van der Waals surface area contributed by atoms with Crippen LogP contribution in [0.25, 0.3) is 0 Å². The number of carbonyl (C=O) groups excluding carboxylic acids is 3. The van der Waals surface area contributed by atoms with E-state index in [1.54, 1.807) is 6.07 Å². The number of carbonyl (C=O) groups is 3. The summed E-state index contributed by atoms with van der Waals surface area (Å²) in [5.74, 6) is -1.99. The summed E-state index contributed by atoms with van der Waals surface area (Å²) in [4.78, 5) is 37.2. The Labute approximate surface area is 139 Å². The molecule has 1 aliphatic heterocycles. The van der Waals surface area contributed by atoms with Gasteiger partial charge in [0.15, 0.2) is 0 Å². The fraction of sp³-hybridized carbons (Fsp3) is 0.357. The number of hydrogen-bond acceptors (Lipinski definition) is 6. The van der Waals surface area contributed by atoms with Crippen LogP contribution < -0.4 is 5.32 Å². The van der Waals surface area contributed by atoms with Crippen molar-refractivity contribution < 1.29 is 29.7 Å². The molecule has 1 heterocycles. The number of hydrogen-bond donors (Lipinski definition) is 4. The van der Waals surface area contributed by atoms with Crippen molar-refractivity contribution >= 4 is 33.7 Å². The molecule has 0 saturated carbocycles. The van der Waals surface area contributed by atoms with Crippen LogP contribution in [0, 0.1) is 0 Å². The highest BCUT2D eigenvalue weighted by atomic mass is 79.9. The number of nitrogens with one attached hydrogen (secondary N) is 1. The van der Waals surface area contributed by atoms with Gasteiger partial charge in [-0.3, -0.25) is 19.3 Å². The van der Waals surface area contributed by atoms with E-state index in [1.165, 1.54) is 12.1 Å². The summed E-state index contributed by atoms with van der Waals surface area (Å²) in [7, 11) is 0. The van der Waals surface area contributed by atoms with Crippen molar-refractivity contribution in [3.8, 4) is 0 Å². The van der Waals surface area contributed by atoms with Crippen LogP contribution in [0.1, 0.15) is 20.7 Å². The van der Waals surface area contributed by atoms with Gasteiger partial charge in [0.05, 0.1) is 30.9 Å². The maximum atomic E-state index is 12.2. The summed E-state index contributed by atoms with van der Waals surface area (Å²) in [5, 5.41) is 29.8. The molecule has 23 heavy (non-hydrogen) atoms. The van der Waals surface area contributed by atoms with E-state index < -0.39 is 49.6 Å². The van der Waals surface area contributed by atoms with Gasteiger partial charge >= 0.3 is 0 Å². The molecule has 0 unspecified atom stereocenters. The minimum atomic E-state index is -1.61. The lowest BCUT2D eigenvalue weighted by atomic mass is 10.0. The molecule has 0 atom stereocenters. The summed E-state index contributed by atoms with van der Waals surface area (Å²) in [6.07, 6.45) is 0. The largest absolute Gasteiger partial charge is 0.394 e. The monoisotopic (exact) mass is 386 g/mol. The van der Waals surface area contributed by atoms with Crippen LogP contribution in [0.5, 0.6) is 0 Å². The van der Waals surface area contributed by atoms with E-state index in [1.807, 2.05) is 0 Å². The average molecular weight is 387 g/mol. The molecule has 0 fully saturated rings. The zero-order valence-electron chi connectivity index (χ0n) is 12.0. The van der Waals surface area contributed by atoms with E-state index in [4.69, 9.17) is 0 Å². The van der Waals surface area contributed by atoms with Gasteiger partial charge in [0.2, 0.25) is 5.91 Å². The molecule has 124 valence electrons. The predicted octanol–water partition coefficient (Wildman–Crippen LogP) is -1.12. The third kappa shape index (κ3) is 3.27. The Morgan fingerprint density at radius 1 is 1.09 bits per heavy atom. The smallest absolute Gasteiger partial charge is 0.262 e. The normalized spacial score (nSPS) is 14.2. The maximum absolute atomic E-state index is 12.2.